The first-order chi connectivity index (χ1) is 8.61. The lowest BCUT2D eigenvalue weighted by atomic mass is 9.95. The Labute approximate surface area is 122 Å². The second-order valence-electron chi connectivity index (χ2n) is 5.12. The number of hydrogen-bond donors (Lipinski definition) is 1. The molecular formula is C14H22BrNOS. The van der Waals surface area contributed by atoms with Gasteiger partial charge in [0, 0.05) is 26.2 Å². The summed E-state index contributed by atoms with van der Waals surface area (Å²) in [6, 6.07) is 2.72. The van der Waals surface area contributed by atoms with Crippen LogP contribution in [-0.4, -0.2) is 19.3 Å². The summed E-state index contributed by atoms with van der Waals surface area (Å²) in [4.78, 5) is 2.80. The van der Waals surface area contributed by atoms with E-state index in [1.807, 2.05) is 11.3 Å². The van der Waals surface area contributed by atoms with Crippen molar-refractivity contribution in [2.24, 2.45) is 5.92 Å². The maximum absolute atomic E-state index is 5.74. The Morgan fingerprint density at radius 2 is 2.39 bits per heavy atom. The molecule has 1 aromatic heterocycles. The minimum Gasteiger partial charge on any atom is -0.378 e. The minimum absolute atomic E-state index is 0.408. The summed E-state index contributed by atoms with van der Waals surface area (Å²) in [5.74, 6) is 0.608. The second-order valence-corrected chi connectivity index (χ2v) is 7.27. The molecule has 102 valence electrons. The molecular weight excluding hydrogens is 310 g/mol. The van der Waals surface area contributed by atoms with E-state index in [4.69, 9.17) is 4.74 Å². The normalized spacial score (nSPS) is 25.6. The number of aryl methyl sites for hydroxylation is 1. The van der Waals surface area contributed by atoms with E-state index in [2.05, 4.69) is 48.1 Å². The van der Waals surface area contributed by atoms with Crippen molar-refractivity contribution < 1.29 is 4.74 Å². The maximum Gasteiger partial charge on any atom is 0.0551 e. The van der Waals surface area contributed by atoms with E-state index in [-0.39, 0.29) is 0 Å². The van der Waals surface area contributed by atoms with E-state index in [0.29, 0.717) is 18.1 Å². The molecule has 0 aromatic carbocycles. The van der Waals surface area contributed by atoms with Crippen LogP contribution >= 0.6 is 27.3 Å². The Morgan fingerprint density at radius 3 is 2.89 bits per heavy atom. The van der Waals surface area contributed by atoms with Gasteiger partial charge in [0.05, 0.1) is 12.7 Å². The van der Waals surface area contributed by atoms with E-state index in [1.165, 1.54) is 20.6 Å². The predicted molar refractivity (Wildman–Crippen MR) is 81.3 cm³/mol. The molecule has 18 heavy (non-hydrogen) atoms. The number of rotatable bonds is 5. The molecule has 1 aliphatic rings. The fourth-order valence-corrected chi connectivity index (χ4v) is 4.25. The summed E-state index contributed by atoms with van der Waals surface area (Å²) in [6.07, 6.45) is 2.74. The SMILES string of the molecule is CCCNC(c1cc(Br)c(C)s1)C1COC(C)C1. The van der Waals surface area contributed by atoms with Crippen LogP contribution in [0.25, 0.3) is 0 Å². The molecule has 2 nitrogen and oxygen atoms in total. The number of hydrogen-bond acceptors (Lipinski definition) is 3. The maximum atomic E-state index is 5.74. The standard InChI is InChI=1S/C14H22BrNOS/c1-4-5-16-14(11-6-9(2)17-8-11)13-7-12(15)10(3)18-13/h7,9,11,14,16H,4-6,8H2,1-3H3. The Kier molecular flexibility index (Phi) is 5.24. The molecule has 0 saturated carbocycles. The summed E-state index contributed by atoms with van der Waals surface area (Å²) in [5.41, 5.74) is 0. The molecule has 0 amide bonds. The third kappa shape index (κ3) is 3.35. The van der Waals surface area contributed by atoms with Crippen LogP contribution in [0.4, 0.5) is 0 Å². The molecule has 0 spiro atoms. The Hall–Kier alpha value is 0.1000. The first-order valence-electron chi connectivity index (χ1n) is 6.72. The predicted octanol–water partition coefficient (Wildman–Crippen LogP) is 4.28. The van der Waals surface area contributed by atoms with Gasteiger partial charge in [-0.25, -0.2) is 0 Å². The molecule has 4 heteroatoms. The number of thiophene rings is 1. The third-order valence-corrected chi connectivity index (χ3v) is 5.72. The Morgan fingerprint density at radius 1 is 1.61 bits per heavy atom. The largest absolute Gasteiger partial charge is 0.378 e. The summed E-state index contributed by atoms with van der Waals surface area (Å²) in [7, 11) is 0. The van der Waals surface area contributed by atoms with Crippen molar-refractivity contribution in [2.75, 3.05) is 13.2 Å². The highest BCUT2D eigenvalue weighted by atomic mass is 79.9. The molecule has 1 fully saturated rings. The van der Waals surface area contributed by atoms with Gasteiger partial charge in [-0.2, -0.15) is 0 Å². The molecule has 3 unspecified atom stereocenters. The van der Waals surface area contributed by atoms with Crippen molar-refractivity contribution >= 4 is 27.3 Å². The topological polar surface area (TPSA) is 21.3 Å². The lowest BCUT2D eigenvalue weighted by molar-refractivity contribution is 0.117. The van der Waals surface area contributed by atoms with Gasteiger partial charge < -0.3 is 10.1 Å². The van der Waals surface area contributed by atoms with Crippen molar-refractivity contribution in [3.05, 3.63) is 20.3 Å². The van der Waals surface area contributed by atoms with Crippen LogP contribution in [-0.2, 0) is 4.74 Å². The van der Waals surface area contributed by atoms with Gasteiger partial charge in [0.15, 0.2) is 0 Å². The molecule has 1 aliphatic heterocycles. The van der Waals surface area contributed by atoms with E-state index >= 15 is 0 Å². The zero-order chi connectivity index (χ0) is 13.1. The zero-order valence-electron chi connectivity index (χ0n) is 11.3. The highest BCUT2D eigenvalue weighted by molar-refractivity contribution is 9.10. The van der Waals surface area contributed by atoms with Crippen molar-refractivity contribution in [1.29, 1.82) is 0 Å². The Bertz CT molecular complexity index is 374. The van der Waals surface area contributed by atoms with Gasteiger partial charge >= 0.3 is 0 Å². The van der Waals surface area contributed by atoms with Crippen molar-refractivity contribution in [1.82, 2.24) is 5.32 Å². The van der Waals surface area contributed by atoms with Crippen LogP contribution in [0.2, 0.25) is 0 Å². The quantitative estimate of drug-likeness (QED) is 0.869. The molecule has 0 radical (unpaired) electrons. The lowest BCUT2D eigenvalue weighted by Crippen LogP contribution is -2.28. The van der Waals surface area contributed by atoms with Crippen molar-refractivity contribution in [2.45, 2.75) is 45.8 Å². The van der Waals surface area contributed by atoms with E-state index in [0.717, 1.165) is 19.6 Å². The van der Waals surface area contributed by atoms with Crippen LogP contribution in [0, 0.1) is 12.8 Å². The first-order valence-corrected chi connectivity index (χ1v) is 8.33. The minimum atomic E-state index is 0.408. The fraction of sp³-hybridized carbons (Fsp3) is 0.714. The molecule has 1 N–H and O–H groups in total. The smallest absolute Gasteiger partial charge is 0.0551 e. The monoisotopic (exact) mass is 331 g/mol. The molecule has 2 heterocycles. The highest BCUT2D eigenvalue weighted by Crippen LogP contribution is 2.37. The van der Waals surface area contributed by atoms with Gasteiger partial charge in [0.25, 0.3) is 0 Å². The van der Waals surface area contributed by atoms with Gasteiger partial charge in [-0.1, -0.05) is 6.92 Å². The van der Waals surface area contributed by atoms with Crippen LogP contribution in [0.5, 0.6) is 0 Å². The van der Waals surface area contributed by atoms with Crippen LogP contribution in [0.15, 0.2) is 10.5 Å². The summed E-state index contributed by atoms with van der Waals surface area (Å²) >= 11 is 5.52. The molecule has 1 saturated heterocycles. The van der Waals surface area contributed by atoms with Gasteiger partial charge in [-0.15, -0.1) is 11.3 Å². The second kappa shape index (κ2) is 6.51. The number of nitrogens with one attached hydrogen (secondary N) is 1. The zero-order valence-corrected chi connectivity index (χ0v) is 13.7. The van der Waals surface area contributed by atoms with Gasteiger partial charge in [0.2, 0.25) is 0 Å². The molecule has 2 rings (SSSR count). The highest BCUT2D eigenvalue weighted by Gasteiger charge is 2.31. The van der Waals surface area contributed by atoms with Gasteiger partial charge in [0.1, 0.15) is 0 Å². The summed E-state index contributed by atoms with van der Waals surface area (Å²) in [6.45, 7) is 8.52. The Balaban J connectivity index is 2.13. The van der Waals surface area contributed by atoms with E-state index < -0.39 is 0 Å². The van der Waals surface area contributed by atoms with Crippen LogP contribution in [0.1, 0.15) is 42.5 Å². The lowest BCUT2D eigenvalue weighted by Gasteiger charge is -2.22. The van der Waals surface area contributed by atoms with Crippen molar-refractivity contribution in [3.63, 3.8) is 0 Å². The molecule has 3 atom stereocenters. The van der Waals surface area contributed by atoms with Crippen LogP contribution in [0.3, 0.4) is 0 Å². The van der Waals surface area contributed by atoms with Gasteiger partial charge in [-0.3, -0.25) is 0 Å². The van der Waals surface area contributed by atoms with Crippen molar-refractivity contribution in [3.8, 4) is 0 Å². The molecule has 0 bridgehead atoms. The summed E-state index contributed by atoms with van der Waals surface area (Å²) < 4.78 is 6.97. The number of ether oxygens (including phenoxy) is 1. The number of halogens is 1. The van der Waals surface area contributed by atoms with Gasteiger partial charge in [-0.05, 0) is 55.2 Å². The summed E-state index contributed by atoms with van der Waals surface area (Å²) in [5, 5.41) is 3.70. The average Bonchev–Trinajstić information content (AvgIpc) is 2.88. The average molecular weight is 332 g/mol. The fourth-order valence-electron chi connectivity index (χ4n) is 2.52. The molecule has 1 aromatic rings. The van der Waals surface area contributed by atoms with E-state index in [1.54, 1.807) is 0 Å². The first kappa shape index (κ1) is 14.5. The third-order valence-electron chi connectivity index (χ3n) is 3.50. The van der Waals surface area contributed by atoms with E-state index in [9.17, 15) is 0 Å². The van der Waals surface area contributed by atoms with Crippen LogP contribution < -0.4 is 5.32 Å². The molecule has 0 aliphatic carbocycles.